The van der Waals surface area contributed by atoms with Crippen molar-refractivity contribution in [3.63, 3.8) is 0 Å². The number of rotatable bonds is 1. The average Bonchev–Trinajstić information content (AvgIpc) is 2.45. The fraction of sp³-hybridized carbons (Fsp3) is 0.750. The molecule has 0 aliphatic carbocycles. The van der Waals surface area contributed by atoms with Crippen molar-refractivity contribution >= 4 is 0 Å². The zero-order valence-corrected chi connectivity index (χ0v) is 5.71. The number of hydrogen-bond donors (Lipinski definition) is 0. The van der Waals surface area contributed by atoms with Crippen LogP contribution in [0.5, 0.6) is 0 Å². The van der Waals surface area contributed by atoms with Crippen LogP contribution in [0.4, 0.5) is 0 Å². The van der Waals surface area contributed by atoms with E-state index < -0.39 is 0 Å². The summed E-state index contributed by atoms with van der Waals surface area (Å²) >= 11 is 0. The smallest absolute Gasteiger partial charge is 0.0793 e. The van der Waals surface area contributed by atoms with Gasteiger partial charge in [-0.1, -0.05) is 25.5 Å². The van der Waals surface area contributed by atoms with Gasteiger partial charge in [0, 0.05) is 0 Å². The molecule has 1 heteroatoms. The summed E-state index contributed by atoms with van der Waals surface area (Å²) < 4.78 is 5.56. The Bertz CT molecular complexity index is 140. The standard InChI is InChI=1S/C8H12O/c1-2-6-5-7-3-4-8(6)9-7/h3-4,6-8H,2,5H2,1H3/t6?,7-,8-/m1/s1. The monoisotopic (exact) mass is 124 g/mol. The van der Waals surface area contributed by atoms with E-state index in [0.29, 0.717) is 12.2 Å². The lowest BCUT2D eigenvalue weighted by molar-refractivity contribution is 0.108. The van der Waals surface area contributed by atoms with Crippen molar-refractivity contribution in [3.8, 4) is 0 Å². The van der Waals surface area contributed by atoms with Crippen molar-refractivity contribution < 1.29 is 4.74 Å². The summed E-state index contributed by atoms with van der Waals surface area (Å²) in [5.41, 5.74) is 0. The number of hydrogen-bond acceptors (Lipinski definition) is 1. The molecule has 2 aliphatic rings. The third-order valence-corrected chi connectivity index (χ3v) is 2.37. The fourth-order valence-electron chi connectivity index (χ4n) is 1.76. The second-order valence-corrected chi connectivity index (χ2v) is 2.93. The van der Waals surface area contributed by atoms with Crippen molar-refractivity contribution in [3.05, 3.63) is 12.2 Å². The van der Waals surface area contributed by atoms with Crippen molar-refractivity contribution in [2.24, 2.45) is 5.92 Å². The highest BCUT2D eigenvalue weighted by Gasteiger charge is 2.34. The molecule has 0 aromatic heterocycles. The summed E-state index contributed by atoms with van der Waals surface area (Å²) in [7, 11) is 0. The Labute approximate surface area is 55.7 Å². The van der Waals surface area contributed by atoms with E-state index in [1.807, 2.05) is 0 Å². The summed E-state index contributed by atoms with van der Waals surface area (Å²) in [5.74, 6) is 0.819. The summed E-state index contributed by atoms with van der Waals surface area (Å²) in [4.78, 5) is 0. The minimum atomic E-state index is 0.472. The second kappa shape index (κ2) is 1.84. The van der Waals surface area contributed by atoms with Crippen molar-refractivity contribution in [2.75, 3.05) is 0 Å². The lowest BCUT2D eigenvalue weighted by Crippen LogP contribution is -2.10. The first-order valence-corrected chi connectivity index (χ1v) is 3.74. The van der Waals surface area contributed by atoms with E-state index in [2.05, 4.69) is 19.1 Å². The molecule has 1 fully saturated rings. The Hall–Kier alpha value is -0.300. The predicted octanol–water partition coefficient (Wildman–Crippen LogP) is 1.74. The van der Waals surface area contributed by atoms with Crippen LogP contribution in [-0.4, -0.2) is 12.2 Å². The first kappa shape index (κ1) is 5.48. The van der Waals surface area contributed by atoms with Gasteiger partial charge in [0.2, 0.25) is 0 Å². The molecular formula is C8H12O. The Morgan fingerprint density at radius 3 is 2.78 bits per heavy atom. The van der Waals surface area contributed by atoms with Crippen LogP contribution in [0.3, 0.4) is 0 Å². The molecule has 0 spiro atoms. The number of ether oxygens (including phenoxy) is 1. The van der Waals surface area contributed by atoms with Crippen LogP contribution in [-0.2, 0) is 4.74 Å². The first-order chi connectivity index (χ1) is 4.40. The molecule has 2 rings (SSSR count). The van der Waals surface area contributed by atoms with Gasteiger partial charge in [-0.25, -0.2) is 0 Å². The maximum Gasteiger partial charge on any atom is 0.0793 e. The van der Waals surface area contributed by atoms with Crippen molar-refractivity contribution in [1.29, 1.82) is 0 Å². The SMILES string of the molecule is CCC1C[C@H]2C=C[C@H]1O2. The highest BCUT2D eigenvalue weighted by atomic mass is 16.5. The van der Waals surface area contributed by atoms with Gasteiger partial charge in [-0.2, -0.15) is 0 Å². The Balaban J connectivity index is 2.10. The Morgan fingerprint density at radius 1 is 1.56 bits per heavy atom. The Morgan fingerprint density at radius 2 is 2.44 bits per heavy atom. The molecule has 0 aromatic rings. The van der Waals surface area contributed by atoms with E-state index in [-0.39, 0.29) is 0 Å². The lowest BCUT2D eigenvalue weighted by atomic mass is 9.92. The molecule has 2 heterocycles. The van der Waals surface area contributed by atoms with Crippen LogP contribution in [0.25, 0.3) is 0 Å². The predicted molar refractivity (Wildman–Crippen MR) is 36.2 cm³/mol. The highest BCUT2D eigenvalue weighted by molar-refractivity contribution is 5.10. The van der Waals surface area contributed by atoms with Crippen LogP contribution >= 0.6 is 0 Å². The van der Waals surface area contributed by atoms with Gasteiger partial charge in [0.05, 0.1) is 12.2 Å². The number of fused-ring (bicyclic) bond motifs is 2. The molecule has 0 radical (unpaired) electrons. The Kier molecular flexibility index (Phi) is 1.12. The second-order valence-electron chi connectivity index (χ2n) is 2.93. The molecule has 0 saturated carbocycles. The fourth-order valence-corrected chi connectivity index (χ4v) is 1.76. The molecular weight excluding hydrogens is 112 g/mol. The summed E-state index contributed by atoms with van der Waals surface area (Å²) in [6.07, 6.45) is 7.88. The van der Waals surface area contributed by atoms with Gasteiger partial charge in [0.1, 0.15) is 0 Å². The molecule has 0 amide bonds. The molecule has 0 aromatic carbocycles. The van der Waals surface area contributed by atoms with Gasteiger partial charge < -0.3 is 4.74 Å². The van der Waals surface area contributed by atoms with E-state index in [9.17, 15) is 0 Å². The lowest BCUT2D eigenvalue weighted by Gasteiger charge is -2.10. The molecule has 2 bridgehead atoms. The maximum atomic E-state index is 5.56. The molecule has 1 nitrogen and oxygen atoms in total. The van der Waals surface area contributed by atoms with Gasteiger partial charge >= 0.3 is 0 Å². The molecule has 1 unspecified atom stereocenters. The van der Waals surface area contributed by atoms with Crippen LogP contribution in [0.2, 0.25) is 0 Å². The highest BCUT2D eigenvalue weighted by Crippen LogP contribution is 2.35. The van der Waals surface area contributed by atoms with Crippen LogP contribution < -0.4 is 0 Å². The van der Waals surface area contributed by atoms with Gasteiger partial charge in [-0.3, -0.25) is 0 Å². The minimum absolute atomic E-state index is 0.472. The summed E-state index contributed by atoms with van der Waals surface area (Å²) in [6, 6.07) is 0. The van der Waals surface area contributed by atoms with Crippen LogP contribution in [0.15, 0.2) is 12.2 Å². The van der Waals surface area contributed by atoms with Gasteiger partial charge in [0.15, 0.2) is 0 Å². The molecule has 1 saturated heterocycles. The van der Waals surface area contributed by atoms with E-state index >= 15 is 0 Å². The first-order valence-electron chi connectivity index (χ1n) is 3.74. The molecule has 9 heavy (non-hydrogen) atoms. The summed E-state index contributed by atoms with van der Waals surface area (Å²) in [6.45, 7) is 2.24. The van der Waals surface area contributed by atoms with Crippen LogP contribution in [0.1, 0.15) is 19.8 Å². The maximum absolute atomic E-state index is 5.56. The van der Waals surface area contributed by atoms with Crippen LogP contribution in [0, 0.1) is 5.92 Å². The molecule has 3 atom stereocenters. The van der Waals surface area contributed by atoms with Gasteiger partial charge in [0.25, 0.3) is 0 Å². The quantitative estimate of drug-likeness (QED) is 0.484. The molecule has 50 valence electrons. The minimum Gasteiger partial charge on any atom is -0.367 e. The topological polar surface area (TPSA) is 9.23 Å². The van der Waals surface area contributed by atoms with E-state index in [1.165, 1.54) is 12.8 Å². The normalized spacial score (nSPS) is 46.6. The third-order valence-electron chi connectivity index (χ3n) is 2.37. The third kappa shape index (κ3) is 0.715. The zero-order valence-electron chi connectivity index (χ0n) is 5.71. The van der Waals surface area contributed by atoms with E-state index in [0.717, 1.165) is 5.92 Å². The van der Waals surface area contributed by atoms with Gasteiger partial charge in [-0.15, -0.1) is 0 Å². The zero-order chi connectivity index (χ0) is 6.27. The molecule has 0 N–H and O–H groups in total. The van der Waals surface area contributed by atoms with Crippen molar-refractivity contribution in [2.45, 2.75) is 32.0 Å². The van der Waals surface area contributed by atoms with Crippen molar-refractivity contribution in [1.82, 2.24) is 0 Å². The van der Waals surface area contributed by atoms with Gasteiger partial charge in [-0.05, 0) is 12.3 Å². The largest absolute Gasteiger partial charge is 0.367 e. The summed E-state index contributed by atoms with van der Waals surface area (Å²) in [5, 5.41) is 0. The molecule has 2 aliphatic heterocycles. The average molecular weight is 124 g/mol. The van der Waals surface area contributed by atoms with E-state index in [4.69, 9.17) is 4.74 Å². The van der Waals surface area contributed by atoms with E-state index in [1.54, 1.807) is 0 Å².